The van der Waals surface area contributed by atoms with E-state index in [2.05, 4.69) is 0 Å². The zero-order valence-electron chi connectivity index (χ0n) is 14.8. The molecule has 2 aromatic rings. The molecule has 2 rings (SSSR count). The number of hydrogen-bond donors (Lipinski definition) is 0. The molecule has 140 valence electrons. The van der Waals surface area contributed by atoms with Crippen LogP contribution in [0.1, 0.15) is 39.4 Å². The molecule has 3 nitrogen and oxygen atoms in total. The average molecular weight is 366 g/mol. The maximum absolute atomic E-state index is 12.8. The maximum Gasteiger partial charge on any atom is 0.416 e. The van der Waals surface area contributed by atoms with Gasteiger partial charge in [-0.25, -0.2) is 0 Å². The van der Waals surface area contributed by atoms with Gasteiger partial charge in [0, 0.05) is 32.1 Å². The molecule has 0 amide bonds. The van der Waals surface area contributed by atoms with Gasteiger partial charge in [0.2, 0.25) is 0 Å². The second-order valence-corrected chi connectivity index (χ2v) is 6.06. The molecule has 26 heavy (non-hydrogen) atoms. The largest absolute Gasteiger partial charge is 0.416 e. The molecular weight excluding hydrogens is 345 g/mol. The summed E-state index contributed by atoms with van der Waals surface area (Å²) >= 11 is 0. The first-order valence-corrected chi connectivity index (χ1v) is 8.09. The van der Waals surface area contributed by atoms with E-state index in [1.54, 1.807) is 12.1 Å². The number of carbonyl (C=O) groups excluding carboxylic acids is 1. The quantitative estimate of drug-likeness (QED) is 0.512. The topological polar surface area (TPSA) is 35.5 Å². The molecule has 0 aliphatic heterocycles. The Morgan fingerprint density at radius 1 is 0.962 bits per heavy atom. The fourth-order valence-electron chi connectivity index (χ4n) is 2.77. The zero-order chi connectivity index (χ0) is 19.3. The number of ketones is 1. The van der Waals surface area contributed by atoms with Crippen LogP contribution in [-0.2, 0) is 15.7 Å². The summed E-state index contributed by atoms with van der Waals surface area (Å²) in [4.78, 5) is 12.6. The number of ether oxygens (including phenoxy) is 2. The molecule has 0 heterocycles. The van der Waals surface area contributed by atoms with E-state index in [1.807, 2.05) is 19.1 Å². The predicted octanol–water partition coefficient (Wildman–Crippen LogP) is 4.99. The molecule has 0 bridgehead atoms. The Labute approximate surface area is 150 Å². The highest BCUT2D eigenvalue weighted by atomic mass is 19.4. The molecule has 0 N–H and O–H groups in total. The molecule has 0 aliphatic carbocycles. The first-order chi connectivity index (χ1) is 12.3. The monoisotopic (exact) mass is 366 g/mol. The van der Waals surface area contributed by atoms with E-state index in [-0.39, 0.29) is 12.2 Å². The van der Waals surface area contributed by atoms with Gasteiger partial charge in [-0.15, -0.1) is 0 Å². The second-order valence-electron chi connectivity index (χ2n) is 6.06. The van der Waals surface area contributed by atoms with Crippen LogP contribution in [0.15, 0.2) is 48.5 Å². The van der Waals surface area contributed by atoms with Gasteiger partial charge < -0.3 is 9.47 Å². The Balaban J connectivity index is 2.28. The molecule has 2 aromatic carbocycles. The van der Waals surface area contributed by atoms with E-state index in [0.717, 1.165) is 17.7 Å². The molecule has 0 fully saturated rings. The lowest BCUT2D eigenvalue weighted by Crippen LogP contribution is -2.25. The predicted molar refractivity (Wildman–Crippen MR) is 92.1 cm³/mol. The Morgan fingerprint density at radius 2 is 1.50 bits per heavy atom. The van der Waals surface area contributed by atoms with Gasteiger partial charge in [-0.3, -0.25) is 4.79 Å². The van der Waals surface area contributed by atoms with E-state index in [1.165, 1.54) is 26.4 Å². The van der Waals surface area contributed by atoms with Crippen molar-refractivity contribution in [1.29, 1.82) is 0 Å². The molecular formula is C20H21F3O3. The van der Waals surface area contributed by atoms with Crippen LogP contribution >= 0.6 is 0 Å². The minimum atomic E-state index is -4.41. The van der Waals surface area contributed by atoms with Crippen LogP contribution in [0.2, 0.25) is 0 Å². The van der Waals surface area contributed by atoms with E-state index in [9.17, 15) is 18.0 Å². The summed E-state index contributed by atoms with van der Waals surface area (Å²) in [6.45, 7) is 1.92. The Kier molecular flexibility index (Phi) is 6.56. The van der Waals surface area contributed by atoms with Gasteiger partial charge in [-0.2, -0.15) is 13.2 Å². The molecule has 0 radical (unpaired) electrons. The van der Waals surface area contributed by atoms with Crippen molar-refractivity contribution < 1.29 is 27.4 Å². The third-order valence-electron chi connectivity index (χ3n) is 4.24. The number of halogens is 3. The number of alkyl halides is 3. The number of benzene rings is 2. The molecule has 0 saturated carbocycles. The van der Waals surface area contributed by atoms with Crippen molar-refractivity contribution in [1.82, 2.24) is 0 Å². The summed E-state index contributed by atoms with van der Waals surface area (Å²) in [5, 5.41) is 0. The maximum atomic E-state index is 12.8. The van der Waals surface area contributed by atoms with Crippen LogP contribution in [0.3, 0.4) is 0 Å². The van der Waals surface area contributed by atoms with Gasteiger partial charge in [-0.1, -0.05) is 42.0 Å². The fourth-order valence-corrected chi connectivity index (χ4v) is 2.77. The number of methoxy groups -OCH3 is 2. The van der Waals surface area contributed by atoms with E-state index in [0.29, 0.717) is 11.1 Å². The standard InChI is InChI=1S/C20H21F3O3/c1-13-4-6-15(7-5-13)18(24)12-17(19(25-2)26-3)14-8-10-16(11-9-14)20(21,22)23/h4-11,17,19H,12H2,1-3H3. The molecule has 1 unspecified atom stereocenters. The molecule has 1 atom stereocenters. The van der Waals surface area contributed by atoms with Crippen molar-refractivity contribution in [2.75, 3.05) is 14.2 Å². The van der Waals surface area contributed by atoms with Gasteiger partial charge in [-0.05, 0) is 24.6 Å². The number of Topliss-reactive ketones (excluding diaryl/α,β-unsaturated/α-hetero) is 1. The third kappa shape index (κ3) is 4.93. The Hall–Kier alpha value is -2.18. The highest BCUT2D eigenvalue weighted by Crippen LogP contribution is 2.33. The Morgan fingerprint density at radius 3 is 1.96 bits per heavy atom. The normalized spacial score (nSPS) is 13.0. The summed E-state index contributed by atoms with van der Waals surface area (Å²) in [6, 6.07) is 11.9. The van der Waals surface area contributed by atoms with Crippen molar-refractivity contribution in [3.05, 3.63) is 70.8 Å². The SMILES string of the molecule is COC(OC)C(CC(=O)c1ccc(C)cc1)c1ccc(C(F)(F)F)cc1. The minimum absolute atomic E-state index is 0.0563. The first-order valence-electron chi connectivity index (χ1n) is 8.09. The third-order valence-corrected chi connectivity index (χ3v) is 4.24. The van der Waals surface area contributed by atoms with Gasteiger partial charge >= 0.3 is 6.18 Å². The first kappa shape index (κ1) is 20.1. The molecule has 0 spiro atoms. The van der Waals surface area contributed by atoms with Gasteiger partial charge in [0.25, 0.3) is 0 Å². The van der Waals surface area contributed by atoms with Crippen LogP contribution < -0.4 is 0 Å². The summed E-state index contributed by atoms with van der Waals surface area (Å²) in [6.07, 6.45) is -5.10. The van der Waals surface area contributed by atoms with Gasteiger partial charge in [0.15, 0.2) is 12.1 Å². The van der Waals surface area contributed by atoms with Crippen molar-refractivity contribution >= 4 is 5.78 Å². The van der Waals surface area contributed by atoms with E-state index >= 15 is 0 Å². The van der Waals surface area contributed by atoms with E-state index < -0.39 is 23.9 Å². The molecule has 6 heteroatoms. The van der Waals surface area contributed by atoms with Crippen molar-refractivity contribution in [3.8, 4) is 0 Å². The summed E-state index contributed by atoms with van der Waals surface area (Å²) in [5.41, 5.74) is 1.38. The highest BCUT2D eigenvalue weighted by molar-refractivity contribution is 5.96. The van der Waals surface area contributed by atoms with Crippen LogP contribution in [0.5, 0.6) is 0 Å². The smallest absolute Gasteiger partial charge is 0.355 e. The highest BCUT2D eigenvalue weighted by Gasteiger charge is 2.31. The summed E-state index contributed by atoms with van der Waals surface area (Å²) in [7, 11) is 2.86. The molecule has 0 aliphatic rings. The van der Waals surface area contributed by atoms with Gasteiger partial charge in [0.05, 0.1) is 5.56 Å². The van der Waals surface area contributed by atoms with Crippen molar-refractivity contribution in [2.24, 2.45) is 0 Å². The van der Waals surface area contributed by atoms with Crippen LogP contribution in [-0.4, -0.2) is 26.3 Å². The average Bonchev–Trinajstić information content (AvgIpc) is 2.61. The molecule has 0 saturated heterocycles. The van der Waals surface area contributed by atoms with Crippen LogP contribution in [0, 0.1) is 6.92 Å². The van der Waals surface area contributed by atoms with Crippen LogP contribution in [0.25, 0.3) is 0 Å². The van der Waals surface area contributed by atoms with E-state index in [4.69, 9.17) is 9.47 Å². The Bertz CT molecular complexity index is 717. The lowest BCUT2D eigenvalue weighted by Gasteiger charge is -2.25. The van der Waals surface area contributed by atoms with Gasteiger partial charge in [0.1, 0.15) is 0 Å². The van der Waals surface area contributed by atoms with Crippen molar-refractivity contribution in [2.45, 2.75) is 31.7 Å². The number of carbonyl (C=O) groups is 1. The lowest BCUT2D eigenvalue weighted by molar-refractivity contribution is -0.137. The fraction of sp³-hybridized carbons (Fsp3) is 0.350. The number of hydrogen-bond acceptors (Lipinski definition) is 3. The van der Waals surface area contributed by atoms with Crippen LogP contribution in [0.4, 0.5) is 13.2 Å². The minimum Gasteiger partial charge on any atom is -0.355 e. The van der Waals surface area contributed by atoms with Crippen molar-refractivity contribution in [3.63, 3.8) is 0 Å². The second kappa shape index (κ2) is 8.47. The lowest BCUT2D eigenvalue weighted by atomic mass is 9.90. The number of aryl methyl sites for hydroxylation is 1. The molecule has 0 aromatic heterocycles. The number of rotatable bonds is 7. The zero-order valence-corrected chi connectivity index (χ0v) is 14.8. The summed E-state index contributed by atoms with van der Waals surface area (Å²) in [5.74, 6) is -0.657. The summed E-state index contributed by atoms with van der Waals surface area (Å²) < 4.78 is 48.9.